The molecule has 4 heterocycles. The number of carbonyl (C=O) groups excluding carboxylic acids is 1. The van der Waals surface area contributed by atoms with Crippen LogP contribution in [0.2, 0.25) is 0 Å². The van der Waals surface area contributed by atoms with E-state index in [0.717, 1.165) is 75.4 Å². The molecule has 1 aliphatic carbocycles. The van der Waals surface area contributed by atoms with Crippen LogP contribution in [0.4, 0.5) is 0 Å². The monoisotopic (exact) mass is 468 g/mol. The van der Waals surface area contributed by atoms with Gasteiger partial charge in [0.25, 0.3) is 5.91 Å². The first-order valence-electron chi connectivity index (χ1n) is 12.0. The minimum atomic E-state index is -0.911. The maximum atomic E-state index is 13.2. The molecule has 8 heteroatoms. The van der Waals surface area contributed by atoms with Crippen molar-refractivity contribution in [2.75, 3.05) is 32.8 Å². The molecule has 2 saturated heterocycles. The summed E-state index contributed by atoms with van der Waals surface area (Å²) in [5.74, 6) is -0.0962. The van der Waals surface area contributed by atoms with E-state index in [1.165, 1.54) is 5.57 Å². The number of rotatable bonds is 6. The third-order valence-corrected chi connectivity index (χ3v) is 9.00. The first-order valence-corrected chi connectivity index (χ1v) is 13.2. The van der Waals surface area contributed by atoms with E-state index >= 15 is 0 Å². The molecule has 0 radical (unpaired) electrons. The standard InChI is InChI=1S/C25H32N4O3S/c30-25(20-3-6-24-26-11-14-29(24)18-20)27-17-19-1-4-22(5-2-19)33(31)23-7-12-28(13-8-23)21-9-15-32-16-10-21/h1,3-4,6,11,14,18,21,23H,2,5,7-10,12-13,15-17H2,(H,27,30). The Balaban J connectivity index is 1.11. The molecule has 7 nitrogen and oxygen atoms in total. The van der Waals surface area contributed by atoms with Crippen LogP contribution in [0.1, 0.15) is 48.9 Å². The van der Waals surface area contributed by atoms with E-state index in [9.17, 15) is 9.00 Å². The Morgan fingerprint density at radius 1 is 1.12 bits per heavy atom. The second-order valence-electron chi connectivity index (χ2n) is 9.13. The predicted molar refractivity (Wildman–Crippen MR) is 130 cm³/mol. The first-order chi connectivity index (χ1) is 16.2. The molecule has 1 unspecified atom stereocenters. The SMILES string of the molecule is O=C(NCC1=CC=C(S(=O)C2CCN(C3CCOCC3)CC2)CC1)c1ccc2nccn2c1. The number of nitrogens with one attached hydrogen (secondary N) is 1. The van der Waals surface area contributed by atoms with Crippen molar-refractivity contribution in [1.29, 1.82) is 0 Å². The zero-order valence-electron chi connectivity index (χ0n) is 18.9. The van der Waals surface area contributed by atoms with Crippen LogP contribution in [0.25, 0.3) is 5.65 Å². The number of nitrogens with zero attached hydrogens (tertiary/aromatic N) is 3. The molecule has 0 saturated carbocycles. The summed E-state index contributed by atoms with van der Waals surface area (Å²) in [6.45, 7) is 4.36. The molecule has 2 aromatic rings. The van der Waals surface area contributed by atoms with Crippen molar-refractivity contribution in [3.63, 3.8) is 0 Å². The lowest BCUT2D eigenvalue weighted by atomic mass is 10.0. The molecular formula is C25H32N4O3S. The van der Waals surface area contributed by atoms with Crippen LogP contribution in [0.5, 0.6) is 0 Å². The van der Waals surface area contributed by atoms with E-state index in [-0.39, 0.29) is 11.2 Å². The molecule has 0 aromatic carbocycles. The van der Waals surface area contributed by atoms with Gasteiger partial charge in [0.15, 0.2) is 0 Å². The van der Waals surface area contributed by atoms with Crippen molar-refractivity contribution >= 4 is 22.4 Å². The molecule has 5 rings (SSSR count). The van der Waals surface area contributed by atoms with Gasteiger partial charge < -0.3 is 19.4 Å². The third kappa shape index (κ3) is 5.28. The van der Waals surface area contributed by atoms with E-state index in [1.54, 1.807) is 18.5 Å². The number of amides is 1. The highest BCUT2D eigenvalue weighted by molar-refractivity contribution is 7.89. The number of carbonyl (C=O) groups is 1. The van der Waals surface area contributed by atoms with Gasteiger partial charge in [0.05, 0.1) is 16.4 Å². The molecule has 33 heavy (non-hydrogen) atoms. The molecule has 0 bridgehead atoms. The van der Waals surface area contributed by atoms with Crippen LogP contribution >= 0.6 is 0 Å². The molecule has 3 aliphatic rings. The summed E-state index contributed by atoms with van der Waals surface area (Å²) in [5, 5.41) is 3.27. The summed E-state index contributed by atoms with van der Waals surface area (Å²) in [4.78, 5) is 20.4. The van der Waals surface area contributed by atoms with Crippen LogP contribution in [0.3, 0.4) is 0 Å². The Morgan fingerprint density at radius 2 is 1.94 bits per heavy atom. The minimum absolute atomic E-state index is 0.0962. The van der Waals surface area contributed by atoms with Crippen molar-refractivity contribution in [3.8, 4) is 0 Å². The Kier molecular flexibility index (Phi) is 7.04. The van der Waals surface area contributed by atoms with E-state index < -0.39 is 10.8 Å². The molecule has 2 aliphatic heterocycles. The van der Waals surface area contributed by atoms with Gasteiger partial charge in [-0.1, -0.05) is 17.7 Å². The van der Waals surface area contributed by atoms with Gasteiger partial charge in [-0.05, 0) is 63.7 Å². The fourth-order valence-electron chi connectivity index (χ4n) is 5.05. The highest BCUT2D eigenvalue weighted by Crippen LogP contribution is 2.28. The number of imidazole rings is 1. The van der Waals surface area contributed by atoms with E-state index in [0.29, 0.717) is 18.2 Å². The summed E-state index contributed by atoms with van der Waals surface area (Å²) in [6.07, 6.45) is 15.4. The van der Waals surface area contributed by atoms with Gasteiger partial charge >= 0.3 is 0 Å². The lowest BCUT2D eigenvalue weighted by molar-refractivity contribution is 0.0278. The number of piperidine rings is 1. The number of allylic oxidation sites excluding steroid dienone is 3. The van der Waals surface area contributed by atoms with Gasteiger partial charge in [0.1, 0.15) is 5.65 Å². The van der Waals surface area contributed by atoms with Gasteiger partial charge in [0, 0.05) is 54.5 Å². The molecule has 2 aromatic heterocycles. The fraction of sp³-hybridized carbons (Fsp3) is 0.520. The normalized spacial score (nSPS) is 22.1. The van der Waals surface area contributed by atoms with Gasteiger partial charge in [-0.15, -0.1) is 0 Å². The predicted octanol–water partition coefficient (Wildman–Crippen LogP) is 3.06. The lowest BCUT2D eigenvalue weighted by Gasteiger charge is -2.39. The number of hydrogen-bond acceptors (Lipinski definition) is 5. The molecule has 2 fully saturated rings. The van der Waals surface area contributed by atoms with Crippen LogP contribution in [-0.4, -0.2) is 68.5 Å². The summed E-state index contributed by atoms with van der Waals surface area (Å²) < 4.78 is 20.5. The average molecular weight is 469 g/mol. The highest BCUT2D eigenvalue weighted by Gasteiger charge is 2.30. The first kappa shape index (κ1) is 22.5. The van der Waals surface area contributed by atoms with Crippen molar-refractivity contribution in [2.24, 2.45) is 0 Å². The highest BCUT2D eigenvalue weighted by atomic mass is 32.2. The maximum Gasteiger partial charge on any atom is 0.253 e. The lowest BCUT2D eigenvalue weighted by Crippen LogP contribution is -2.46. The van der Waals surface area contributed by atoms with Gasteiger partial charge in [-0.3, -0.25) is 9.00 Å². The van der Waals surface area contributed by atoms with E-state index in [1.807, 2.05) is 28.8 Å². The summed E-state index contributed by atoms with van der Waals surface area (Å²) in [5.41, 5.74) is 2.60. The largest absolute Gasteiger partial charge is 0.381 e. The van der Waals surface area contributed by atoms with Gasteiger partial charge in [-0.2, -0.15) is 0 Å². The second kappa shape index (κ2) is 10.3. The zero-order chi connectivity index (χ0) is 22.6. The van der Waals surface area contributed by atoms with Crippen molar-refractivity contribution in [3.05, 3.63) is 58.9 Å². The van der Waals surface area contributed by atoms with Crippen LogP contribution in [-0.2, 0) is 15.5 Å². The molecule has 176 valence electrons. The van der Waals surface area contributed by atoms with Crippen molar-refractivity contribution in [1.82, 2.24) is 19.6 Å². The smallest absolute Gasteiger partial charge is 0.253 e. The zero-order valence-corrected chi connectivity index (χ0v) is 19.8. The number of hydrogen-bond donors (Lipinski definition) is 1. The van der Waals surface area contributed by atoms with Crippen molar-refractivity contribution in [2.45, 2.75) is 49.8 Å². The Morgan fingerprint density at radius 3 is 2.70 bits per heavy atom. The topological polar surface area (TPSA) is 75.9 Å². The molecule has 0 spiro atoms. The van der Waals surface area contributed by atoms with Crippen LogP contribution in [0, 0.1) is 0 Å². The number of likely N-dealkylation sites (tertiary alicyclic amines) is 1. The number of ether oxygens (including phenoxy) is 1. The third-order valence-electron chi connectivity index (χ3n) is 7.07. The fourth-order valence-corrected chi connectivity index (χ4v) is 6.62. The summed E-state index contributed by atoms with van der Waals surface area (Å²) >= 11 is 0. The minimum Gasteiger partial charge on any atom is -0.381 e. The summed E-state index contributed by atoms with van der Waals surface area (Å²) in [6, 6.07) is 4.28. The molecule has 1 amide bonds. The molecule has 1 atom stereocenters. The second-order valence-corrected chi connectivity index (χ2v) is 10.9. The van der Waals surface area contributed by atoms with Crippen LogP contribution in [0.15, 0.2) is 53.4 Å². The Labute approximate surface area is 197 Å². The van der Waals surface area contributed by atoms with Crippen LogP contribution < -0.4 is 5.32 Å². The molecule has 1 N–H and O–H groups in total. The number of aromatic nitrogens is 2. The quantitative estimate of drug-likeness (QED) is 0.705. The van der Waals surface area contributed by atoms with E-state index in [4.69, 9.17) is 4.74 Å². The Hall–Kier alpha value is -2.29. The van der Waals surface area contributed by atoms with E-state index in [2.05, 4.69) is 15.2 Å². The number of pyridine rings is 1. The van der Waals surface area contributed by atoms with Gasteiger partial charge in [-0.25, -0.2) is 4.98 Å². The van der Waals surface area contributed by atoms with Crippen molar-refractivity contribution < 1.29 is 13.7 Å². The Bertz CT molecular complexity index is 1080. The average Bonchev–Trinajstić information content (AvgIpc) is 3.36. The number of fused-ring (bicyclic) bond motifs is 1. The molecular weight excluding hydrogens is 436 g/mol. The van der Waals surface area contributed by atoms with Gasteiger partial charge in [0.2, 0.25) is 0 Å². The summed E-state index contributed by atoms with van der Waals surface area (Å²) in [7, 11) is -0.911. The maximum absolute atomic E-state index is 13.2.